The molecule has 1 aliphatic rings. The number of hydrogen-bond donors (Lipinski definition) is 1. The molecular weight excluding hydrogens is 364 g/mol. The van der Waals surface area contributed by atoms with Crippen molar-refractivity contribution in [1.82, 2.24) is 14.1 Å². The number of sulfonamides is 1. The largest absolute Gasteiger partial charge is 0.321 e. The number of piperidine rings is 1. The third-order valence-electron chi connectivity index (χ3n) is 4.17. The van der Waals surface area contributed by atoms with Gasteiger partial charge in [0.05, 0.1) is 16.1 Å². The average molecular weight is 383 g/mol. The fourth-order valence-electron chi connectivity index (χ4n) is 2.82. The van der Waals surface area contributed by atoms with Crippen LogP contribution < -0.4 is 5.32 Å². The van der Waals surface area contributed by atoms with Crippen molar-refractivity contribution >= 4 is 33.2 Å². The molecule has 1 N–H and O–H groups in total. The number of aromatic nitrogens is 2. The lowest BCUT2D eigenvalue weighted by Crippen LogP contribution is -2.35. The standard InChI is InChI=1S/C16H19ClN4O3S/c1-20-15(14(17)11-18-20)16(22)19-12-5-7-13(8-6-12)25(23,24)21-9-3-2-4-10-21/h5-8,11H,2-4,9-10H2,1H3,(H,19,22). The number of rotatable bonds is 4. The summed E-state index contributed by atoms with van der Waals surface area (Å²) in [5, 5.41) is 6.86. The normalized spacial score (nSPS) is 15.9. The van der Waals surface area contributed by atoms with E-state index in [4.69, 9.17) is 11.6 Å². The Morgan fingerprint density at radius 3 is 2.36 bits per heavy atom. The summed E-state index contributed by atoms with van der Waals surface area (Å²) < 4.78 is 28.1. The second-order valence-electron chi connectivity index (χ2n) is 5.91. The molecule has 7 nitrogen and oxygen atoms in total. The summed E-state index contributed by atoms with van der Waals surface area (Å²) in [5.41, 5.74) is 0.728. The SMILES string of the molecule is Cn1ncc(Cl)c1C(=O)Nc1ccc(S(=O)(=O)N2CCCCC2)cc1. The average Bonchev–Trinajstić information content (AvgIpc) is 2.95. The van der Waals surface area contributed by atoms with E-state index in [0.29, 0.717) is 18.8 Å². The third kappa shape index (κ3) is 3.70. The highest BCUT2D eigenvalue weighted by molar-refractivity contribution is 7.89. The van der Waals surface area contributed by atoms with Crippen molar-refractivity contribution < 1.29 is 13.2 Å². The van der Waals surface area contributed by atoms with Crippen molar-refractivity contribution in [3.05, 3.63) is 41.2 Å². The lowest BCUT2D eigenvalue weighted by atomic mass is 10.2. The molecule has 3 rings (SSSR count). The zero-order valence-electron chi connectivity index (χ0n) is 13.8. The van der Waals surface area contributed by atoms with Gasteiger partial charge in [0.1, 0.15) is 5.69 Å². The van der Waals surface area contributed by atoms with Gasteiger partial charge in [-0.05, 0) is 37.1 Å². The maximum Gasteiger partial charge on any atom is 0.275 e. The predicted molar refractivity (Wildman–Crippen MR) is 95.2 cm³/mol. The molecule has 0 spiro atoms. The number of anilines is 1. The second kappa shape index (κ2) is 7.15. The Hall–Kier alpha value is -1.90. The first-order chi connectivity index (χ1) is 11.9. The molecule has 0 radical (unpaired) electrons. The van der Waals surface area contributed by atoms with Crippen molar-refractivity contribution in [3.63, 3.8) is 0 Å². The van der Waals surface area contributed by atoms with Crippen LogP contribution in [0.2, 0.25) is 5.02 Å². The lowest BCUT2D eigenvalue weighted by molar-refractivity contribution is 0.101. The van der Waals surface area contributed by atoms with Crippen molar-refractivity contribution in [2.45, 2.75) is 24.2 Å². The molecule has 1 amide bonds. The monoisotopic (exact) mass is 382 g/mol. The minimum atomic E-state index is -3.48. The molecule has 1 aliphatic heterocycles. The first-order valence-electron chi connectivity index (χ1n) is 7.98. The van der Waals surface area contributed by atoms with E-state index in [1.54, 1.807) is 19.2 Å². The van der Waals surface area contributed by atoms with Crippen molar-refractivity contribution in [2.75, 3.05) is 18.4 Å². The van der Waals surface area contributed by atoms with Crippen LogP contribution in [0.15, 0.2) is 35.4 Å². The van der Waals surface area contributed by atoms with E-state index in [2.05, 4.69) is 10.4 Å². The number of carbonyl (C=O) groups excluding carboxylic acids is 1. The molecule has 2 aromatic rings. The van der Waals surface area contributed by atoms with Gasteiger partial charge in [0, 0.05) is 25.8 Å². The Morgan fingerprint density at radius 1 is 1.16 bits per heavy atom. The first kappa shape index (κ1) is 17.9. The highest BCUT2D eigenvalue weighted by Gasteiger charge is 2.25. The molecule has 0 bridgehead atoms. The smallest absolute Gasteiger partial charge is 0.275 e. The topological polar surface area (TPSA) is 84.3 Å². The molecule has 0 atom stereocenters. The molecule has 9 heteroatoms. The van der Waals surface area contributed by atoms with E-state index in [-0.39, 0.29) is 15.6 Å². The number of nitrogens with zero attached hydrogens (tertiary/aromatic N) is 3. The van der Waals surface area contributed by atoms with Gasteiger partial charge in [-0.15, -0.1) is 0 Å². The van der Waals surface area contributed by atoms with Gasteiger partial charge in [-0.3, -0.25) is 9.48 Å². The lowest BCUT2D eigenvalue weighted by Gasteiger charge is -2.25. The van der Waals surface area contributed by atoms with Crippen LogP contribution in [0.5, 0.6) is 0 Å². The molecule has 0 saturated carbocycles. The molecule has 1 fully saturated rings. The minimum Gasteiger partial charge on any atom is -0.321 e. The third-order valence-corrected chi connectivity index (χ3v) is 6.36. The van der Waals surface area contributed by atoms with Crippen molar-refractivity contribution in [2.24, 2.45) is 7.05 Å². The van der Waals surface area contributed by atoms with E-state index < -0.39 is 15.9 Å². The Labute approximate surface area is 151 Å². The van der Waals surface area contributed by atoms with Crippen LogP contribution in [0.1, 0.15) is 29.8 Å². The number of amides is 1. The van der Waals surface area contributed by atoms with Gasteiger partial charge >= 0.3 is 0 Å². The van der Waals surface area contributed by atoms with Crippen LogP contribution in [0.4, 0.5) is 5.69 Å². The summed E-state index contributed by atoms with van der Waals surface area (Å²) in [6.45, 7) is 1.11. The summed E-state index contributed by atoms with van der Waals surface area (Å²) in [6.07, 6.45) is 4.23. The molecule has 1 aromatic heterocycles. The number of nitrogens with one attached hydrogen (secondary N) is 1. The van der Waals surface area contributed by atoms with E-state index >= 15 is 0 Å². The number of halogens is 1. The maximum atomic E-state index is 12.6. The second-order valence-corrected chi connectivity index (χ2v) is 8.25. The summed E-state index contributed by atoms with van der Waals surface area (Å²) in [7, 11) is -1.86. The fraction of sp³-hybridized carbons (Fsp3) is 0.375. The van der Waals surface area contributed by atoms with Gasteiger partial charge < -0.3 is 5.32 Å². The highest BCUT2D eigenvalue weighted by Crippen LogP contribution is 2.22. The van der Waals surface area contributed by atoms with Crippen LogP contribution in [-0.4, -0.2) is 41.5 Å². The van der Waals surface area contributed by atoms with E-state index in [9.17, 15) is 13.2 Å². The molecular formula is C16H19ClN4O3S. The zero-order valence-corrected chi connectivity index (χ0v) is 15.3. The first-order valence-corrected chi connectivity index (χ1v) is 9.80. The molecule has 134 valence electrons. The minimum absolute atomic E-state index is 0.228. The van der Waals surface area contributed by atoms with Crippen LogP contribution in [0.3, 0.4) is 0 Å². The fourth-order valence-corrected chi connectivity index (χ4v) is 4.59. The summed E-state index contributed by atoms with van der Waals surface area (Å²) in [6, 6.07) is 6.15. The molecule has 25 heavy (non-hydrogen) atoms. The van der Waals surface area contributed by atoms with E-state index in [1.165, 1.54) is 27.3 Å². The van der Waals surface area contributed by atoms with E-state index in [0.717, 1.165) is 19.3 Å². The van der Waals surface area contributed by atoms with Gasteiger partial charge in [-0.1, -0.05) is 18.0 Å². The molecule has 0 unspecified atom stereocenters. The summed E-state index contributed by atoms with van der Waals surface area (Å²) >= 11 is 5.95. The van der Waals surface area contributed by atoms with Crippen LogP contribution >= 0.6 is 11.6 Å². The molecule has 0 aliphatic carbocycles. The van der Waals surface area contributed by atoms with Crippen LogP contribution in [-0.2, 0) is 17.1 Å². The number of aryl methyl sites for hydroxylation is 1. The Bertz CT molecular complexity index is 852. The number of carbonyl (C=O) groups is 1. The van der Waals surface area contributed by atoms with Gasteiger partial charge in [0.15, 0.2) is 0 Å². The Kier molecular flexibility index (Phi) is 5.12. The quantitative estimate of drug-likeness (QED) is 0.880. The molecule has 1 aromatic carbocycles. The number of hydrogen-bond acceptors (Lipinski definition) is 4. The van der Waals surface area contributed by atoms with Crippen LogP contribution in [0, 0.1) is 0 Å². The van der Waals surface area contributed by atoms with Gasteiger partial charge in [-0.25, -0.2) is 8.42 Å². The molecule has 2 heterocycles. The highest BCUT2D eigenvalue weighted by atomic mass is 35.5. The van der Waals surface area contributed by atoms with E-state index in [1.807, 2.05) is 0 Å². The van der Waals surface area contributed by atoms with Crippen LogP contribution in [0.25, 0.3) is 0 Å². The molecule has 1 saturated heterocycles. The van der Waals surface area contributed by atoms with Crippen molar-refractivity contribution in [3.8, 4) is 0 Å². The summed E-state index contributed by atoms with van der Waals surface area (Å²) in [4.78, 5) is 12.5. The predicted octanol–water partition coefficient (Wildman–Crippen LogP) is 2.50. The zero-order chi connectivity index (χ0) is 18.0. The van der Waals surface area contributed by atoms with Gasteiger partial charge in [-0.2, -0.15) is 9.40 Å². The Morgan fingerprint density at radius 2 is 1.80 bits per heavy atom. The Balaban J connectivity index is 1.75. The maximum absolute atomic E-state index is 12.6. The van der Waals surface area contributed by atoms with Gasteiger partial charge in [0.25, 0.3) is 5.91 Å². The van der Waals surface area contributed by atoms with Gasteiger partial charge in [0.2, 0.25) is 10.0 Å². The summed E-state index contributed by atoms with van der Waals surface area (Å²) in [5.74, 6) is -0.406. The number of benzene rings is 1. The van der Waals surface area contributed by atoms with Crippen molar-refractivity contribution in [1.29, 1.82) is 0 Å².